The van der Waals surface area contributed by atoms with Gasteiger partial charge in [-0.25, -0.2) is 9.18 Å². The molecule has 0 amide bonds. The van der Waals surface area contributed by atoms with Gasteiger partial charge in [0, 0.05) is 35.9 Å². The summed E-state index contributed by atoms with van der Waals surface area (Å²) < 4.78 is 19.5. The number of aromatic nitrogens is 2. The molecule has 0 bridgehead atoms. The molecule has 6 nitrogen and oxygen atoms in total. The van der Waals surface area contributed by atoms with Gasteiger partial charge < -0.3 is 9.64 Å². The van der Waals surface area contributed by atoms with Gasteiger partial charge in [0.25, 0.3) is 0 Å². The summed E-state index contributed by atoms with van der Waals surface area (Å²) in [6.45, 7) is 7.45. The lowest BCUT2D eigenvalue weighted by molar-refractivity contribution is 0.0287. The second-order valence-electron chi connectivity index (χ2n) is 8.37. The first-order valence-electron chi connectivity index (χ1n) is 10.8. The van der Waals surface area contributed by atoms with Crippen LogP contribution in [0.3, 0.4) is 0 Å². The van der Waals surface area contributed by atoms with Gasteiger partial charge in [0.1, 0.15) is 29.9 Å². The molecule has 4 rings (SSSR count). The van der Waals surface area contributed by atoms with Crippen LogP contribution in [-0.2, 0) is 11.3 Å². The van der Waals surface area contributed by atoms with Crippen LogP contribution in [0.1, 0.15) is 25.0 Å². The quantitative estimate of drug-likeness (QED) is 0.525. The molecule has 1 aromatic heterocycles. The Hall–Kier alpha value is -3.12. The third-order valence-corrected chi connectivity index (χ3v) is 6.49. The van der Waals surface area contributed by atoms with E-state index >= 15 is 0 Å². The van der Waals surface area contributed by atoms with Crippen molar-refractivity contribution in [3.8, 4) is 17.0 Å². The highest BCUT2D eigenvalue weighted by atomic mass is 35.5. The molecule has 172 valence electrons. The molecule has 1 fully saturated rings. The number of benzene rings is 2. The highest BCUT2D eigenvalue weighted by Gasteiger charge is 2.34. The lowest BCUT2D eigenvalue weighted by Crippen LogP contribution is -2.55. The Bertz CT molecular complexity index is 1160. The fraction of sp³-hybridized carbons (Fsp3) is 0.320. The zero-order chi connectivity index (χ0) is 23.5. The van der Waals surface area contributed by atoms with E-state index in [0.29, 0.717) is 36.3 Å². The molecule has 1 aliphatic heterocycles. The van der Waals surface area contributed by atoms with Crippen molar-refractivity contribution in [2.45, 2.75) is 39.4 Å². The summed E-state index contributed by atoms with van der Waals surface area (Å²) in [5.41, 5.74) is 3.94. The number of H-pyrrole nitrogens is 1. The van der Waals surface area contributed by atoms with Crippen LogP contribution in [0.25, 0.3) is 11.3 Å². The second kappa shape index (κ2) is 9.79. The first-order chi connectivity index (χ1) is 15.9. The molecule has 33 heavy (non-hydrogen) atoms. The fourth-order valence-electron chi connectivity index (χ4n) is 4.12. The standard InChI is InChI=1S/C25H26ClFN4O2/c1-16-10-25(21(11-22(16)26)23-8-9-28-29-23)33-15-30-12-17(2)31(24(14-32)18(30)3)13-19-4-6-20(27)7-5-19/h4-11,17-18H,12-13,15H2,1-3H3,(H,28,29)/t17-,18+/m1/s1. The monoisotopic (exact) mass is 468 g/mol. The molecule has 0 spiro atoms. The summed E-state index contributed by atoms with van der Waals surface area (Å²) >= 11 is 6.35. The van der Waals surface area contributed by atoms with Gasteiger partial charge in [-0.05, 0) is 62.2 Å². The number of nitrogens with zero attached hydrogens (tertiary/aromatic N) is 3. The number of aryl methyl sites for hydroxylation is 1. The van der Waals surface area contributed by atoms with Gasteiger partial charge in [0.05, 0.1) is 11.7 Å². The maximum Gasteiger partial charge on any atom is 0.147 e. The highest BCUT2D eigenvalue weighted by Crippen LogP contribution is 2.34. The van der Waals surface area contributed by atoms with Gasteiger partial charge >= 0.3 is 0 Å². The Labute approximate surface area is 197 Å². The van der Waals surface area contributed by atoms with E-state index in [1.807, 2.05) is 36.9 Å². The van der Waals surface area contributed by atoms with Gasteiger partial charge in [-0.2, -0.15) is 5.10 Å². The molecule has 2 heterocycles. The summed E-state index contributed by atoms with van der Waals surface area (Å²) in [7, 11) is 0. The van der Waals surface area contributed by atoms with E-state index in [-0.39, 0.29) is 17.9 Å². The third-order valence-electron chi connectivity index (χ3n) is 6.08. The van der Waals surface area contributed by atoms with E-state index in [2.05, 4.69) is 28.0 Å². The normalized spacial score (nSPS) is 18.9. The molecular formula is C25H26ClFN4O2. The molecule has 0 radical (unpaired) electrons. The number of ether oxygens (including phenoxy) is 1. The fourth-order valence-corrected chi connectivity index (χ4v) is 4.28. The lowest BCUT2D eigenvalue weighted by Gasteiger charge is -2.45. The van der Waals surface area contributed by atoms with Crippen LogP contribution in [0.5, 0.6) is 5.75 Å². The van der Waals surface area contributed by atoms with Crippen LogP contribution in [0.4, 0.5) is 4.39 Å². The van der Waals surface area contributed by atoms with E-state index in [0.717, 1.165) is 22.4 Å². The van der Waals surface area contributed by atoms with Crippen LogP contribution >= 0.6 is 11.6 Å². The minimum atomic E-state index is -0.278. The van der Waals surface area contributed by atoms with Gasteiger partial charge in [0.15, 0.2) is 0 Å². The Morgan fingerprint density at radius 1 is 1.24 bits per heavy atom. The topological polar surface area (TPSA) is 61.5 Å². The van der Waals surface area contributed by atoms with E-state index in [1.54, 1.807) is 18.3 Å². The minimum absolute atomic E-state index is 0.0454. The number of hydrogen-bond donors (Lipinski definition) is 1. The molecule has 0 aliphatic carbocycles. The SMILES string of the molecule is Cc1cc(OCN2C[C@@H](C)N(Cc3ccc(F)cc3)C(=C=O)[C@@H]2C)c(-c2cc[nH]n2)cc1Cl. The number of hydrogen-bond acceptors (Lipinski definition) is 5. The summed E-state index contributed by atoms with van der Waals surface area (Å²) in [5.74, 6) is 2.53. The Balaban J connectivity index is 1.51. The lowest BCUT2D eigenvalue weighted by atomic mass is 10.0. The molecule has 1 N–H and O–H groups in total. The number of piperazine rings is 1. The van der Waals surface area contributed by atoms with Crippen LogP contribution in [0.15, 0.2) is 54.4 Å². The van der Waals surface area contributed by atoms with Crippen molar-refractivity contribution >= 4 is 17.5 Å². The second-order valence-corrected chi connectivity index (χ2v) is 8.78. The predicted molar refractivity (Wildman–Crippen MR) is 126 cm³/mol. The van der Waals surface area contributed by atoms with Crippen molar-refractivity contribution in [3.05, 3.63) is 76.3 Å². The van der Waals surface area contributed by atoms with Gasteiger partial charge in [-0.1, -0.05) is 23.7 Å². The van der Waals surface area contributed by atoms with Crippen molar-refractivity contribution in [1.29, 1.82) is 0 Å². The Morgan fingerprint density at radius 2 is 2.00 bits per heavy atom. The molecule has 0 unspecified atom stereocenters. The summed E-state index contributed by atoms with van der Waals surface area (Å²) in [6, 6.07) is 11.8. The molecule has 0 saturated carbocycles. The molecule has 2 aromatic carbocycles. The number of rotatable bonds is 6. The molecule has 8 heteroatoms. The first-order valence-corrected chi connectivity index (χ1v) is 11.2. The van der Waals surface area contributed by atoms with Crippen molar-refractivity contribution in [2.75, 3.05) is 13.3 Å². The molecular weight excluding hydrogens is 443 g/mol. The van der Waals surface area contributed by atoms with Crippen LogP contribution in [0, 0.1) is 12.7 Å². The number of carbonyl (C=O) groups excluding carboxylic acids is 1. The zero-order valence-electron chi connectivity index (χ0n) is 18.8. The van der Waals surface area contributed by atoms with Gasteiger partial charge in [0.2, 0.25) is 0 Å². The van der Waals surface area contributed by atoms with E-state index in [1.165, 1.54) is 12.1 Å². The number of halogens is 2. The highest BCUT2D eigenvalue weighted by molar-refractivity contribution is 6.31. The summed E-state index contributed by atoms with van der Waals surface area (Å²) in [6.07, 6.45) is 1.75. The maximum atomic E-state index is 13.3. The van der Waals surface area contributed by atoms with Crippen LogP contribution < -0.4 is 4.74 Å². The summed E-state index contributed by atoms with van der Waals surface area (Å²) in [4.78, 5) is 16.1. The van der Waals surface area contributed by atoms with Crippen molar-refractivity contribution in [2.24, 2.45) is 0 Å². The van der Waals surface area contributed by atoms with Crippen molar-refractivity contribution in [3.63, 3.8) is 0 Å². The van der Waals surface area contributed by atoms with E-state index < -0.39 is 0 Å². The average Bonchev–Trinajstić information content (AvgIpc) is 3.33. The van der Waals surface area contributed by atoms with Gasteiger partial charge in [-0.3, -0.25) is 10.00 Å². The number of aromatic amines is 1. The van der Waals surface area contributed by atoms with Gasteiger partial charge in [-0.15, -0.1) is 0 Å². The van der Waals surface area contributed by atoms with Crippen LogP contribution in [0.2, 0.25) is 5.02 Å². The predicted octanol–water partition coefficient (Wildman–Crippen LogP) is 4.82. The first kappa shape index (κ1) is 23.1. The molecule has 3 aromatic rings. The molecule has 2 atom stereocenters. The maximum absolute atomic E-state index is 13.3. The average molecular weight is 469 g/mol. The molecule has 1 aliphatic rings. The van der Waals surface area contributed by atoms with Crippen LogP contribution in [-0.4, -0.2) is 51.3 Å². The van der Waals surface area contributed by atoms with Crippen molar-refractivity contribution < 1.29 is 13.9 Å². The number of nitrogens with one attached hydrogen (secondary N) is 1. The Morgan fingerprint density at radius 3 is 2.67 bits per heavy atom. The van der Waals surface area contributed by atoms with Crippen molar-refractivity contribution in [1.82, 2.24) is 20.0 Å². The molecule has 1 saturated heterocycles. The zero-order valence-corrected chi connectivity index (χ0v) is 19.6. The third kappa shape index (κ3) is 4.96. The largest absolute Gasteiger partial charge is 0.477 e. The smallest absolute Gasteiger partial charge is 0.147 e. The Kier molecular flexibility index (Phi) is 6.84. The van der Waals surface area contributed by atoms with E-state index in [4.69, 9.17) is 16.3 Å². The minimum Gasteiger partial charge on any atom is -0.477 e. The summed E-state index contributed by atoms with van der Waals surface area (Å²) in [5, 5.41) is 7.72. The van der Waals surface area contributed by atoms with E-state index in [9.17, 15) is 9.18 Å².